The second kappa shape index (κ2) is 12.6. The summed E-state index contributed by atoms with van der Waals surface area (Å²) >= 11 is 11.6. The van der Waals surface area contributed by atoms with E-state index in [0.717, 1.165) is 41.2 Å². The highest BCUT2D eigenvalue weighted by atomic mass is 35.5. The van der Waals surface area contributed by atoms with E-state index in [1.165, 1.54) is 13.8 Å². The molecular formula is C28H24Cl2F5N5O5. The predicted molar refractivity (Wildman–Crippen MR) is 151 cm³/mol. The first-order valence-corrected chi connectivity index (χ1v) is 14.1. The molecule has 0 amide bonds. The number of carbonyl (C=O) groups excluding carboxylic acids is 1. The number of aliphatic hydroxyl groups is 1. The van der Waals surface area contributed by atoms with E-state index in [4.69, 9.17) is 43.1 Å². The summed E-state index contributed by atoms with van der Waals surface area (Å²) in [5.74, 6) is -3.40. The standard InChI is InChI=1S/C28H24Cl2F5N5O5/c1-3-43-27(42)21(36)14(12-6-16(31)20(30)17(32)7-12)9-37-22-23(41)25(45-19-10-44-24(19)22)26-38-11(2)39-40(26)18-8-13(29)4-5-15(18)28(33,34)35/h4-9,19,22-25,41H,3,10,36H2,1-2H3. The van der Waals surface area contributed by atoms with Crippen LogP contribution in [0.3, 0.4) is 0 Å². The number of hydrogen-bond acceptors (Lipinski definition) is 9. The van der Waals surface area contributed by atoms with Gasteiger partial charge in [0.15, 0.2) is 5.82 Å². The quantitative estimate of drug-likeness (QED) is 0.121. The lowest BCUT2D eigenvalue weighted by Crippen LogP contribution is -2.62. The average molecular weight is 676 g/mol. The Morgan fingerprint density at radius 1 is 1.24 bits per heavy atom. The monoisotopic (exact) mass is 675 g/mol. The second-order valence-electron chi connectivity index (χ2n) is 10.0. The van der Waals surface area contributed by atoms with Crippen LogP contribution in [-0.2, 0) is 25.2 Å². The fourth-order valence-electron chi connectivity index (χ4n) is 4.95. The number of ether oxygens (including phenoxy) is 3. The number of allylic oxidation sites excluding steroid dienone is 1. The number of hydrogen-bond donors (Lipinski definition) is 2. The number of halogens is 7. The molecule has 3 heterocycles. The van der Waals surface area contributed by atoms with E-state index in [0.29, 0.717) is 0 Å². The molecule has 5 atom stereocenters. The van der Waals surface area contributed by atoms with Gasteiger partial charge < -0.3 is 25.1 Å². The number of aliphatic hydroxyl groups excluding tert-OH is 1. The summed E-state index contributed by atoms with van der Waals surface area (Å²) in [6.45, 7) is 2.96. The highest BCUT2D eigenvalue weighted by Gasteiger charge is 2.53. The van der Waals surface area contributed by atoms with E-state index in [2.05, 4.69) is 15.1 Å². The third-order valence-corrected chi connectivity index (χ3v) is 7.68. The van der Waals surface area contributed by atoms with E-state index in [9.17, 15) is 31.9 Å². The van der Waals surface area contributed by atoms with Crippen molar-refractivity contribution in [2.24, 2.45) is 10.7 Å². The maximum absolute atomic E-state index is 14.4. The van der Waals surface area contributed by atoms with Crippen molar-refractivity contribution in [3.8, 4) is 5.69 Å². The number of carbonyl (C=O) groups is 1. The highest BCUT2D eigenvalue weighted by molar-refractivity contribution is 6.31. The predicted octanol–water partition coefficient (Wildman–Crippen LogP) is 4.75. The Bertz CT molecular complexity index is 1680. The zero-order valence-electron chi connectivity index (χ0n) is 23.4. The summed E-state index contributed by atoms with van der Waals surface area (Å²) in [7, 11) is 0. The van der Waals surface area contributed by atoms with Crippen molar-refractivity contribution < 1.29 is 46.1 Å². The van der Waals surface area contributed by atoms with Gasteiger partial charge in [-0.1, -0.05) is 23.2 Å². The molecular weight excluding hydrogens is 652 g/mol. The fraction of sp³-hybridized carbons (Fsp3) is 0.357. The molecule has 1 aromatic heterocycles. The van der Waals surface area contributed by atoms with Crippen LogP contribution < -0.4 is 5.73 Å². The molecule has 0 bridgehead atoms. The Morgan fingerprint density at radius 2 is 1.93 bits per heavy atom. The molecule has 2 aliphatic rings. The number of aliphatic imine (C=N–C) groups is 1. The lowest BCUT2D eigenvalue weighted by molar-refractivity contribution is -0.273. The summed E-state index contributed by atoms with van der Waals surface area (Å²) in [4.78, 5) is 21.1. The molecule has 5 rings (SSSR count). The third kappa shape index (κ3) is 6.40. The lowest BCUT2D eigenvalue weighted by atomic mass is 9.89. The second-order valence-corrected chi connectivity index (χ2v) is 10.9. The SMILES string of the molecule is CCOC(=O)C(N)=C(C=NC1C(O)C(c2nc(C)nn2-c2cc(Cl)ccc2C(F)(F)F)OC2COC21)c1cc(F)c(Cl)c(F)c1. The van der Waals surface area contributed by atoms with Gasteiger partial charge in [-0.15, -0.1) is 0 Å². The third-order valence-electron chi connectivity index (χ3n) is 7.08. The van der Waals surface area contributed by atoms with E-state index < -0.39 is 76.2 Å². The van der Waals surface area contributed by atoms with Crippen LogP contribution in [0.15, 0.2) is 41.0 Å². The lowest BCUT2D eigenvalue weighted by Gasteiger charge is -2.48. The van der Waals surface area contributed by atoms with Gasteiger partial charge in [-0.2, -0.15) is 18.3 Å². The first kappa shape index (κ1) is 32.8. The van der Waals surface area contributed by atoms with Crippen molar-refractivity contribution in [1.82, 2.24) is 14.8 Å². The number of fused-ring (bicyclic) bond motifs is 1. The number of esters is 1. The van der Waals surface area contributed by atoms with Crippen molar-refractivity contribution in [1.29, 1.82) is 0 Å². The molecule has 3 aromatic rings. The fourth-order valence-corrected chi connectivity index (χ4v) is 5.23. The average Bonchev–Trinajstić information content (AvgIpc) is 3.34. The van der Waals surface area contributed by atoms with Gasteiger partial charge in [-0.25, -0.2) is 23.2 Å². The number of aromatic nitrogens is 3. The van der Waals surface area contributed by atoms with E-state index in [1.807, 2.05) is 0 Å². The molecule has 2 fully saturated rings. The molecule has 10 nitrogen and oxygen atoms in total. The van der Waals surface area contributed by atoms with E-state index in [1.54, 1.807) is 0 Å². The molecule has 0 aliphatic carbocycles. The van der Waals surface area contributed by atoms with Gasteiger partial charge in [0.05, 0.1) is 24.5 Å². The van der Waals surface area contributed by atoms with Gasteiger partial charge in [-0.05, 0) is 49.7 Å². The molecule has 2 saturated heterocycles. The number of alkyl halides is 3. The van der Waals surface area contributed by atoms with Crippen LogP contribution in [0.4, 0.5) is 22.0 Å². The summed E-state index contributed by atoms with van der Waals surface area (Å²) in [5.41, 5.74) is 3.46. The zero-order valence-corrected chi connectivity index (χ0v) is 24.9. The van der Waals surface area contributed by atoms with E-state index in [-0.39, 0.29) is 41.0 Å². The van der Waals surface area contributed by atoms with Crippen LogP contribution in [0.2, 0.25) is 10.0 Å². The van der Waals surface area contributed by atoms with Crippen LogP contribution in [-0.4, -0.2) is 69.6 Å². The number of aryl methyl sites for hydroxylation is 1. The molecule has 0 radical (unpaired) electrons. The smallest absolute Gasteiger partial charge is 0.418 e. The number of nitrogens with zero attached hydrogens (tertiary/aromatic N) is 4. The van der Waals surface area contributed by atoms with Crippen LogP contribution in [0.5, 0.6) is 0 Å². The van der Waals surface area contributed by atoms with Gasteiger partial charge in [-0.3, -0.25) is 4.99 Å². The molecule has 0 spiro atoms. The normalized spacial score (nSPS) is 23.8. The summed E-state index contributed by atoms with van der Waals surface area (Å²) in [5, 5.41) is 14.8. The van der Waals surface area contributed by atoms with Gasteiger partial charge in [0.1, 0.15) is 58.6 Å². The molecule has 240 valence electrons. The van der Waals surface area contributed by atoms with Crippen molar-refractivity contribution >= 4 is 41.0 Å². The minimum Gasteiger partial charge on any atom is -0.461 e. The van der Waals surface area contributed by atoms with Crippen molar-refractivity contribution in [3.63, 3.8) is 0 Å². The van der Waals surface area contributed by atoms with Crippen LogP contribution >= 0.6 is 23.2 Å². The molecule has 2 aliphatic heterocycles. The molecule has 5 unspecified atom stereocenters. The molecule has 0 saturated carbocycles. The Labute approximate surface area is 262 Å². The first-order chi connectivity index (χ1) is 21.2. The minimum absolute atomic E-state index is 0.00859. The Hall–Kier alpha value is -3.63. The number of nitrogens with two attached hydrogens (primary N) is 1. The topological polar surface area (TPSA) is 134 Å². The van der Waals surface area contributed by atoms with E-state index >= 15 is 0 Å². The Balaban J connectivity index is 1.57. The summed E-state index contributed by atoms with van der Waals surface area (Å²) in [6, 6.07) is 3.42. The Morgan fingerprint density at radius 3 is 2.53 bits per heavy atom. The largest absolute Gasteiger partial charge is 0.461 e. The number of benzene rings is 2. The van der Waals surface area contributed by atoms with Gasteiger partial charge in [0.2, 0.25) is 0 Å². The van der Waals surface area contributed by atoms with Crippen LogP contribution in [0.1, 0.15) is 35.8 Å². The highest BCUT2D eigenvalue weighted by Crippen LogP contribution is 2.41. The van der Waals surface area contributed by atoms with Gasteiger partial charge >= 0.3 is 12.1 Å². The molecule has 2 aromatic carbocycles. The molecule has 17 heteroatoms. The first-order valence-electron chi connectivity index (χ1n) is 13.3. The van der Waals surface area contributed by atoms with Crippen molar-refractivity contribution in [2.75, 3.05) is 13.2 Å². The van der Waals surface area contributed by atoms with Gasteiger partial charge in [0, 0.05) is 16.8 Å². The minimum atomic E-state index is -4.79. The maximum Gasteiger partial charge on any atom is 0.418 e. The number of rotatable bonds is 7. The van der Waals surface area contributed by atoms with Gasteiger partial charge in [0.25, 0.3) is 0 Å². The molecule has 45 heavy (non-hydrogen) atoms. The van der Waals surface area contributed by atoms with Crippen LogP contribution in [0.25, 0.3) is 11.3 Å². The molecule has 3 N–H and O–H groups in total. The zero-order chi connectivity index (χ0) is 32.8. The summed E-state index contributed by atoms with van der Waals surface area (Å²) in [6.07, 6.45) is -8.29. The summed E-state index contributed by atoms with van der Waals surface area (Å²) < 4.78 is 87.9. The van der Waals surface area contributed by atoms with Crippen molar-refractivity contribution in [3.05, 3.63) is 80.5 Å². The van der Waals surface area contributed by atoms with Crippen LogP contribution in [0, 0.1) is 18.6 Å². The van der Waals surface area contributed by atoms with Crippen molar-refractivity contribution in [2.45, 2.75) is 50.5 Å². The maximum atomic E-state index is 14.4. The Kier molecular flexibility index (Phi) is 9.20.